The lowest BCUT2D eigenvalue weighted by Crippen LogP contribution is -1.94. The molecule has 0 saturated carbocycles. The fourth-order valence-electron chi connectivity index (χ4n) is 3.35. The van der Waals surface area contributed by atoms with Crippen molar-refractivity contribution in [1.82, 2.24) is 10.2 Å². The normalized spacial score (nSPS) is 11.1. The van der Waals surface area contributed by atoms with Crippen LogP contribution in [0.2, 0.25) is 0 Å². The summed E-state index contributed by atoms with van der Waals surface area (Å²) in [5.41, 5.74) is 7.26. The summed E-state index contributed by atoms with van der Waals surface area (Å²) in [4.78, 5) is 0. The molecule has 0 spiro atoms. The van der Waals surface area contributed by atoms with E-state index in [-0.39, 0.29) is 0 Å². The molecular formula is C24H22N2S. The van der Waals surface area contributed by atoms with E-state index in [0.717, 1.165) is 22.0 Å². The highest BCUT2D eigenvalue weighted by molar-refractivity contribution is 7.98. The van der Waals surface area contributed by atoms with Gasteiger partial charge in [0, 0.05) is 11.3 Å². The van der Waals surface area contributed by atoms with Gasteiger partial charge in [-0.05, 0) is 72.0 Å². The topological polar surface area (TPSA) is 25.8 Å². The second-order valence-corrected chi connectivity index (χ2v) is 7.93. The first-order valence-electron chi connectivity index (χ1n) is 9.13. The minimum absolute atomic E-state index is 0.887. The van der Waals surface area contributed by atoms with Crippen LogP contribution in [0.15, 0.2) is 71.8 Å². The van der Waals surface area contributed by atoms with Crippen LogP contribution < -0.4 is 0 Å². The number of fused-ring (bicyclic) bond motifs is 1. The maximum atomic E-state index is 4.48. The number of hydrogen-bond acceptors (Lipinski definition) is 3. The number of benzene rings is 3. The molecule has 4 aromatic rings. The van der Waals surface area contributed by atoms with Crippen molar-refractivity contribution in [3.05, 3.63) is 89.0 Å². The molecule has 0 amide bonds. The first kappa shape index (κ1) is 17.7. The highest BCUT2D eigenvalue weighted by atomic mass is 32.2. The van der Waals surface area contributed by atoms with Crippen LogP contribution in [0.4, 0.5) is 0 Å². The average molecular weight is 371 g/mol. The lowest BCUT2D eigenvalue weighted by molar-refractivity contribution is 0.934. The first-order chi connectivity index (χ1) is 13.1. The van der Waals surface area contributed by atoms with Gasteiger partial charge in [0.15, 0.2) is 0 Å². The van der Waals surface area contributed by atoms with Crippen molar-refractivity contribution in [3.63, 3.8) is 0 Å². The molecule has 0 unspecified atom stereocenters. The summed E-state index contributed by atoms with van der Waals surface area (Å²) in [7, 11) is 0. The summed E-state index contributed by atoms with van der Waals surface area (Å²) in [5, 5.41) is 12.5. The maximum absolute atomic E-state index is 4.48. The van der Waals surface area contributed by atoms with E-state index in [4.69, 9.17) is 0 Å². The van der Waals surface area contributed by atoms with Gasteiger partial charge in [-0.15, -0.1) is 10.2 Å². The number of aryl methyl sites for hydroxylation is 3. The minimum Gasteiger partial charge on any atom is -0.149 e. The molecule has 0 N–H and O–H groups in total. The average Bonchev–Trinajstić information content (AvgIpc) is 2.69. The van der Waals surface area contributed by atoms with Crippen molar-refractivity contribution < 1.29 is 0 Å². The molecule has 0 atom stereocenters. The van der Waals surface area contributed by atoms with Crippen LogP contribution in [0.5, 0.6) is 0 Å². The molecule has 0 radical (unpaired) electrons. The second kappa shape index (κ2) is 7.53. The monoisotopic (exact) mass is 370 g/mol. The van der Waals surface area contributed by atoms with Crippen LogP contribution in [-0.2, 0) is 5.75 Å². The number of thioether (sulfide) groups is 1. The quantitative estimate of drug-likeness (QED) is 0.383. The van der Waals surface area contributed by atoms with Crippen LogP contribution in [0.1, 0.15) is 22.3 Å². The zero-order valence-electron chi connectivity index (χ0n) is 15.9. The van der Waals surface area contributed by atoms with Crippen molar-refractivity contribution >= 4 is 22.5 Å². The molecule has 1 heterocycles. The van der Waals surface area contributed by atoms with Crippen molar-refractivity contribution in [1.29, 1.82) is 0 Å². The molecule has 0 aliphatic heterocycles. The van der Waals surface area contributed by atoms with Gasteiger partial charge in [-0.2, -0.15) is 0 Å². The standard InChI is InChI=1S/C24H22N2S/c1-16-13-18(3)22(14-17(16)2)23-11-12-24(26-25-23)27-15-20-9-6-8-19-7-4-5-10-21(19)20/h4-14H,15H2,1-3H3. The van der Waals surface area contributed by atoms with Crippen LogP contribution in [0.25, 0.3) is 22.0 Å². The lowest BCUT2D eigenvalue weighted by Gasteiger charge is -2.09. The van der Waals surface area contributed by atoms with E-state index >= 15 is 0 Å². The third-order valence-electron chi connectivity index (χ3n) is 5.01. The number of aromatic nitrogens is 2. The SMILES string of the molecule is Cc1cc(C)c(-c2ccc(SCc3cccc4ccccc34)nn2)cc1C. The highest BCUT2D eigenvalue weighted by Gasteiger charge is 2.08. The molecule has 3 aromatic carbocycles. The molecule has 0 aliphatic rings. The summed E-state index contributed by atoms with van der Waals surface area (Å²) in [6.45, 7) is 6.41. The molecule has 4 rings (SSSR count). The molecule has 1 aromatic heterocycles. The largest absolute Gasteiger partial charge is 0.149 e. The Hall–Kier alpha value is -2.65. The number of nitrogens with zero attached hydrogens (tertiary/aromatic N) is 2. The van der Waals surface area contributed by atoms with Crippen molar-refractivity contribution in [2.75, 3.05) is 0 Å². The molecule has 0 saturated heterocycles. The molecule has 0 aliphatic carbocycles. The highest BCUT2D eigenvalue weighted by Crippen LogP contribution is 2.28. The van der Waals surface area contributed by atoms with Crippen molar-refractivity contribution in [2.45, 2.75) is 31.6 Å². The van der Waals surface area contributed by atoms with Gasteiger partial charge in [-0.25, -0.2) is 0 Å². The van der Waals surface area contributed by atoms with Gasteiger partial charge in [-0.3, -0.25) is 0 Å². The fraction of sp³-hybridized carbons (Fsp3) is 0.167. The van der Waals surface area contributed by atoms with Gasteiger partial charge < -0.3 is 0 Å². The Bertz CT molecular complexity index is 1100. The third kappa shape index (κ3) is 3.74. The summed E-state index contributed by atoms with van der Waals surface area (Å²) < 4.78 is 0. The van der Waals surface area contributed by atoms with Gasteiger partial charge in [0.25, 0.3) is 0 Å². The molecule has 134 valence electrons. The summed E-state index contributed by atoms with van der Waals surface area (Å²) in [6, 6.07) is 23.6. The van der Waals surface area contributed by atoms with Gasteiger partial charge in [0.1, 0.15) is 5.03 Å². The van der Waals surface area contributed by atoms with Crippen LogP contribution in [-0.4, -0.2) is 10.2 Å². The van der Waals surface area contributed by atoms with E-state index < -0.39 is 0 Å². The Kier molecular flexibility index (Phi) is 4.95. The third-order valence-corrected chi connectivity index (χ3v) is 5.98. The first-order valence-corrected chi connectivity index (χ1v) is 10.1. The molecular weight excluding hydrogens is 348 g/mol. The molecule has 3 heteroatoms. The Labute approximate surface area is 164 Å². The summed E-state index contributed by atoms with van der Waals surface area (Å²) in [6.07, 6.45) is 0. The Morgan fingerprint density at radius 3 is 2.33 bits per heavy atom. The Morgan fingerprint density at radius 2 is 1.52 bits per heavy atom. The zero-order chi connectivity index (χ0) is 18.8. The minimum atomic E-state index is 0.887. The van der Waals surface area contributed by atoms with E-state index in [0.29, 0.717) is 0 Å². The predicted molar refractivity (Wildman–Crippen MR) is 115 cm³/mol. The molecule has 2 nitrogen and oxygen atoms in total. The van der Waals surface area contributed by atoms with E-state index in [1.807, 2.05) is 0 Å². The molecule has 27 heavy (non-hydrogen) atoms. The van der Waals surface area contributed by atoms with Crippen molar-refractivity contribution in [3.8, 4) is 11.3 Å². The second-order valence-electron chi connectivity index (χ2n) is 6.94. The molecule has 0 fully saturated rings. The fourth-order valence-corrected chi connectivity index (χ4v) is 4.17. The van der Waals surface area contributed by atoms with Gasteiger partial charge >= 0.3 is 0 Å². The van der Waals surface area contributed by atoms with Gasteiger partial charge in [-0.1, -0.05) is 60.3 Å². The van der Waals surface area contributed by atoms with E-state index in [1.165, 1.54) is 33.0 Å². The predicted octanol–water partition coefficient (Wildman–Crippen LogP) is 6.51. The van der Waals surface area contributed by atoms with Crippen molar-refractivity contribution in [2.24, 2.45) is 0 Å². The van der Waals surface area contributed by atoms with Gasteiger partial charge in [0.05, 0.1) is 5.69 Å². The summed E-state index contributed by atoms with van der Waals surface area (Å²) >= 11 is 1.73. The van der Waals surface area contributed by atoms with E-state index in [2.05, 4.69) is 97.7 Å². The number of hydrogen-bond donors (Lipinski definition) is 0. The van der Waals surface area contributed by atoms with Crippen LogP contribution in [0.3, 0.4) is 0 Å². The summed E-state index contributed by atoms with van der Waals surface area (Å²) in [5.74, 6) is 0.887. The zero-order valence-corrected chi connectivity index (χ0v) is 16.7. The van der Waals surface area contributed by atoms with E-state index in [9.17, 15) is 0 Å². The smallest absolute Gasteiger partial charge is 0.119 e. The Morgan fingerprint density at radius 1 is 0.741 bits per heavy atom. The Balaban J connectivity index is 1.54. The van der Waals surface area contributed by atoms with Crippen LogP contribution >= 0.6 is 11.8 Å². The maximum Gasteiger partial charge on any atom is 0.119 e. The lowest BCUT2D eigenvalue weighted by atomic mass is 9.99. The molecule has 0 bridgehead atoms. The number of rotatable bonds is 4. The van der Waals surface area contributed by atoms with E-state index in [1.54, 1.807) is 11.8 Å². The van der Waals surface area contributed by atoms with Gasteiger partial charge in [0.2, 0.25) is 0 Å². The van der Waals surface area contributed by atoms with Crippen LogP contribution in [0, 0.1) is 20.8 Å².